The molecule has 1 fully saturated rings. The zero-order chi connectivity index (χ0) is 22.7. The van der Waals surface area contributed by atoms with Crippen LogP contribution in [0, 0.1) is 18.7 Å². The first kappa shape index (κ1) is 22.0. The maximum atomic E-state index is 13.7. The van der Waals surface area contributed by atoms with E-state index in [0.29, 0.717) is 24.3 Å². The summed E-state index contributed by atoms with van der Waals surface area (Å²) in [6, 6.07) is 10.4. The first-order chi connectivity index (χ1) is 15.4. The van der Waals surface area contributed by atoms with E-state index in [1.807, 2.05) is 16.8 Å². The smallest absolute Gasteiger partial charge is 0.337 e. The minimum absolute atomic E-state index is 0.0190. The van der Waals surface area contributed by atoms with Gasteiger partial charge < -0.3 is 10.1 Å². The van der Waals surface area contributed by atoms with Gasteiger partial charge in [0.05, 0.1) is 31.1 Å². The quantitative estimate of drug-likeness (QED) is 0.598. The predicted molar refractivity (Wildman–Crippen MR) is 118 cm³/mol. The summed E-state index contributed by atoms with van der Waals surface area (Å²) in [7, 11) is 1.36. The lowest BCUT2D eigenvalue weighted by molar-refractivity contribution is -0.126. The Hall–Kier alpha value is -3.26. The van der Waals surface area contributed by atoms with Crippen LogP contribution in [-0.2, 0) is 22.7 Å². The fourth-order valence-electron chi connectivity index (χ4n) is 4.05. The van der Waals surface area contributed by atoms with E-state index in [9.17, 15) is 14.0 Å². The largest absolute Gasteiger partial charge is 0.465 e. The maximum absolute atomic E-state index is 13.7. The highest BCUT2D eigenvalue weighted by Crippen LogP contribution is 2.21. The van der Waals surface area contributed by atoms with Crippen LogP contribution in [0.2, 0.25) is 0 Å². The summed E-state index contributed by atoms with van der Waals surface area (Å²) >= 11 is 0. The van der Waals surface area contributed by atoms with E-state index in [1.54, 1.807) is 31.3 Å². The van der Waals surface area contributed by atoms with Gasteiger partial charge in [-0.2, -0.15) is 5.10 Å². The molecule has 4 rings (SSSR count). The summed E-state index contributed by atoms with van der Waals surface area (Å²) in [5.74, 6) is -0.644. The number of benzene rings is 2. The van der Waals surface area contributed by atoms with Crippen molar-refractivity contribution in [2.45, 2.75) is 33.0 Å². The van der Waals surface area contributed by atoms with E-state index in [0.717, 1.165) is 42.4 Å². The zero-order valence-electron chi connectivity index (χ0n) is 18.3. The third kappa shape index (κ3) is 4.80. The number of amides is 1. The van der Waals surface area contributed by atoms with Crippen LogP contribution in [0.25, 0.3) is 10.9 Å². The number of aryl methyl sites for hydroxylation is 1. The molecule has 1 aliphatic rings. The Morgan fingerprint density at radius 3 is 2.69 bits per heavy atom. The van der Waals surface area contributed by atoms with Crippen molar-refractivity contribution >= 4 is 22.8 Å². The number of nitrogens with zero attached hydrogens (tertiary/aromatic N) is 3. The molecule has 8 heteroatoms. The lowest BCUT2D eigenvalue weighted by atomic mass is 9.96. The van der Waals surface area contributed by atoms with Crippen LogP contribution >= 0.6 is 0 Å². The molecule has 0 radical (unpaired) electrons. The van der Waals surface area contributed by atoms with Crippen LogP contribution in [-0.4, -0.2) is 46.8 Å². The molecule has 1 amide bonds. The summed E-state index contributed by atoms with van der Waals surface area (Å²) in [6.45, 7) is 4.26. The number of ether oxygens (including phenoxy) is 1. The van der Waals surface area contributed by atoms with Crippen molar-refractivity contribution in [2.75, 3.05) is 20.2 Å². The average molecular weight is 439 g/mol. The highest BCUT2D eigenvalue weighted by atomic mass is 19.1. The zero-order valence-corrected chi connectivity index (χ0v) is 18.3. The van der Waals surface area contributed by atoms with Gasteiger partial charge in [0.15, 0.2) is 0 Å². The van der Waals surface area contributed by atoms with Gasteiger partial charge in [0.1, 0.15) is 5.82 Å². The van der Waals surface area contributed by atoms with Gasteiger partial charge in [0.25, 0.3) is 0 Å². The number of likely N-dealkylation sites (tertiary alicyclic amines) is 1. The van der Waals surface area contributed by atoms with Crippen molar-refractivity contribution in [3.05, 3.63) is 65.1 Å². The molecule has 168 valence electrons. The number of fused-ring (bicyclic) bond motifs is 1. The van der Waals surface area contributed by atoms with E-state index >= 15 is 0 Å². The van der Waals surface area contributed by atoms with E-state index in [4.69, 9.17) is 4.74 Å². The Morgan fingerprint density at radius 2 is 1.97 bits per heavy atom. The minimum Gasteiger partial charge on any atom is -0.465 e. The van der Waals surface area contributed by atoms with Gasteiger partial charge in [-0.25, -0.2) is 9.18 Å². The highest BCUT2D eigenvalue weighted by molar-refractivity contribution is 5.94. The maximum Gasteiger partial charge on any atom is 0.337 e. The first-order valence-electron chi connectivity index (χ1n) is 10.7. The molecule has 7 nitrogen and oxygen atoms in total. The SMILES string of the molecule is COC(=O)c1ccc2c(cnn2CN2CCC(C(=O)NCc3ccc(C)c(F)c3)CC2)c1. The second-order valence-corrected chi connectivity index (χ2v) is 8.24. The molecule has 2 aromatic carbocycles. The molecule has 1 aromatic heterocycles. The lowest BCUT2D eigenvalue weighted by Gasteiger charge is -2.31. The predicted octanol–water partition coefficient (Wildman–Crippen LogP) is 3.26. The Morgan fingerprint density at radius 1 is 1.19 bits per heavy atom. The van der Waals surface area contributed by atoms with Crippen LogP contribution in [0.4, 0.5) is 4.39 Å². The molecule has 3 aromatic rings. The summed E-state index contributed by atoms with van der Waals surface area (Å²) in [5, 5.41) is 8.28. The Labute approximate surface area is 186 Å². The van der Waals surface area contributed by atoms with Crippen LogP contribution in [0.5, 0.6) is 0 Å². The highest BCUT2D eigenvalue weighted by Gasteiger charge is 2.25. The number of nitrogens with one attached hydrogen (secondary N) is 1. The van der Waals surface area contributed by atoms with Gasteiger partial charge >= 0.3 is 5.97 Å². The van der Waals surface area contributed by atoms with E-state index in [1.165, 1.54) is 13.2 Å². The molecule has 0 aliphatic carbocycles. The van der Waals surface area contributed by atoms with Gasteiger partial charge in [0, 0.05) is 30.9 Å². The fourth-order valence-corrected chi connectivity index (χ4v) is 4.05. The van der Waals surface area contributed by atoms with E-state index in [2.05, 4.69) is 15.3 Å². The molecule has 0 unspecified atom stereocenters. The number of esters is 1. The van der Waals surface area contributed by atoms with Crippen molar-refractivity contribution < 1.29 is 18.7 Å². The molecule has 1 N–H and O–H groups in total. The van der Waals surface area contributed by atoms with Gasteiger partial charge in [-0.05, 0) is 55.2 Å². The minimum atomic E-state index is -0.368. The molecular weight excluding hydrogens is 411 g/mol. The second kappa shape index (κ2) is 9.48. The molecule has 0 bridgehead atoms. The Bertz CT molecular complexity index is 1140. The van der Waals surface area contributed by atoms with Crippen molar-refractivity contribution in [3.8, 4) is 0 Å². The molecule has 32 heavy (non-hydrogen) atoms. The van der Waals surface area contributed by atoms with Crippen LogP contribution < -0.4 is 5.32 Å². The third-order valence-electron chi connectivity index (χ3n) is 6.06. The summed E-state index contributed by atoms with van der Waals surface area (Å²) in [4.78, 5) is 26.5. The molecule has 0 spiro atoms. The molecule has 0 atom stereocenters. The third-order valence-corrected chi connectivity index (χ3v) is 6.06. The first-order valence-corrected chi connectivity index (χ1v) is 10.7. The number of hydrogen-bond acceptors (Lipinski definition) is 5. The Kier molecular flexibility index (Phi) is 6.50. The molecule has 1 saturated heterocycles. The van der Waals surface area contributed by atoms with Crippen molar-refractivity contribution in [3.63, 3.8) is 0 Å². The summed E-state index contributed by atoms with van der Waals surface area (Å²) in [5.41, 5.74) is 2.81. The Balaban J connectivity index is 1.29. The van der Waals surface area contributed by atoms with E-state index < -0.39 is 0 Å². The molecule has 0 saturated carbocycles. The lowest BCUT2D eigenvalue weighted by Crippen LogP contribution is -2.41. The number of halogens is 1. The number of hydrogen-bond donors (Lipinski definition) is 1. The van der Waals surface area contributed by atoms with Gasteiger partial charge in [-0.3, -0.25) is 14.4 Å². The number of carbonyl (C=O) groups is 2. The molecule has 1 aliphatic heterocycles. The number of aromatic nitrogens is 2. The van der Waals surface area contributed by atoms with Crippen LogP contribution in [0.3, 0.4) is 0 Å². The van der Waals surface area contributed by atoms with Gasteiger partial charge in [0.2, 0.25) is 5.91 Å². The van der Waals surface area contributed by atoms with Crippen molar-refractivity contribution in [1.82, 2.24) is 20.0 Å². The number of methoxy groups -OCH3 is 1. The number of carbonyl (C=O) groups excluding carboxylic acids is 2. The van der Waals surface area contributed by atoms with Crippen molar-refractivity contribution in [2.24, 2.45) is 5.92 Å². The normalized spacial score (nSPS) is 15.1. The number of rotatable bonds is 6. The molecular formula is C24H27FN4O3. The van der Waals surface area contributed by atoms with Crippen LogP contribution in [0.15, 0.2) is 42.6 Å². The van der Waals surface area contributed by atoms with Gasteiger partial charge in [-0.1, -0.05) is 12.1 Å². The average Bonchev–Trinajstić information content (AvgIpc) is 3.21. The van der Waals surface area contributed by atoms with E-state index in [-0.39, 0.29) is 23.6 Å². The summed E-state index contributed by atoms with van der Waals surface area (Å²) < 4.78 is 20.4. The topological polar surface area (TPSA) is 76.5 Å². The van der Waals surface area contributed by atoms with Crippen LogP contribution in [0.1, 0.15) is 34.3 Å². The second-order valence-electron chi connectivity index (χ2n) is 8.24. The van der Waals surface area contributed by atoms with Gasteiger partial charge in [-0.15, -0.1) is 0 Å². The standard InChI is InChI=1S/C24H27FN4O3/c1-16-3-4-17(11-21(16)25)13-26-23(30)18-7-9-28(10-8-18)15-29-22-6-5-19(24(31)32-2)12-20(22)14-27-29/h3-6,11-12,14,18H,7-10,13,15H2,1-2H3,(H,26,30). The fraction of sp³-hybridized carbons (Fsp3) is 0.375. The number of piperidine rings is 1. The molecule has 2 heterocycles. The van der Waals surface area contributed by atoms with Crippen molar-refractivity contribution in [1.29, 1.82) is 0 Å². The summed E-state index contributed by atoms with van der Waals surface area (Å²) in [6.07, 6.45) is 3.27. The monoisotopic (exact) mass is 438 g/mol.